The van der Waals surface area contributed by atoms with Gasteiger partial charge in [0.05, 0.1) is 25.1 Å². The topological polar surface area (TPSA) is 79.3 Å². The van der Waals surface area contributed by atoms with Crippen molar-refractivity contribution in [3.63, 3.8) is 0 Å². The molecule has 98 valence electrons. The zero-order chi connectivity index (χ0) is 13.3. The maximum Gasteiger partial charge on any atom is 0.239 e. The Morgan fingerprint density at radius 2 is 2.12 bits per heavy atom. The van der Waals surface area contributed by atoms with E-state index in [4.69, 9.17) is 15.7 Å². The number of carbonyl (C=O) groups excluding carboxylic acids is 1. The summed E-state index contributed by atoms with van der Waals surface area (Å²) in [6.45, 7) is 5.43. The van der Waals surface area contributed by atoms with Crippen LogP contribution in [-0.2, 0) is 9.53 Å². The molecule has 0 rings (SSSR count). The summed E-state index contributed by atoms with van der Waals surface area (Å²) in [5.41, 5.74) is 5.85. The third kappa shape index (κ3) is 6.93. The summed E-state index contributed by atoms with van der Waals surface area (Å²) >= 11 is 0. The molecule has 0 aliphatic carbocycles. The summed E-state index contributed by atoms with van der Waals surface area (Å²) in [6, 6.07) is 1.55. The SMILES string of the molecule is COCCN(CCC#N)C(=O)[C@@H](N)CC(C)C. The van der Waals surface area contributed by atoms with Gasteiger partial charge in [-0.05, 0) is 12.3 Å². The Labute approximate surface area is 104 Å². The molecular formula is C12H23N3O2. The molecule has 0 heterocycles. The van der Waals surface area contributed by atoms with Crippen molar-refractivity contribution in [1.82, 2.24) is 4.90 Å². The van der Waals surface area contributed by atoms with Crippen LogP contribution in [0.5, 0.6) is 0 Å². The fourth-order valence-corrected chi connectivity index (χ4v) is 1.56. The van der Waals surface area contributed by atoms with Gasteiger partial charge in [-0.3, -0.25) is 4.79 Å². The van der Waals surface area contributed by atoms with Crippen molar-refractivity contribution in [2.75, 3.05) is 26.8 Å². The van der Waals surface area contributed by atoms with Crippen LogP contribution in [0.3, 0.4) is 0 Å². The molecule has 0 aromatic carbocycles. The zero-order valence-corrected chi connectivity index (χ0v) is 11.0. The van der Waals surface area contributed by atoms with E-state index >= 15 is 0 Å². The number of ether oxygens (including phenoxy) is 1. The lowest BCUT2D eigenvalue weighted by molar-refractivity contribution is -0.133. The molecule has 5 heteroatoms. The number of nitriles is 1. The number of rotatable bonds is 8. The van der Waals surface area contributed by atoms with Crippen molar-refractivity contribution in [3.05, 3.63) is 0 Å². The molecule has 0 aromatic heterocycles. The molecule has 0 radical (unpaired) electrons. The normalized spacial score (nSPS) is 12.2. The van der Waals surface area contributed by atoms with Crippen LogP contribution >= 0.6 is 0 Å². The van der Waals surface area contributed by atoms with Gasteiger partial charge in [-0.2, -0.15) is 5.26 Å². The number of nitrogens with zero attached hydrogens (tertiary/aromatic N) is 2. The first-order chi connectivity index (χ1) is 8.02. The van der Waals surface area contributed by atoms with Crippen molar-refractivity contribution in [2.45, 2.75) is 32.7 Å². The predicted molar refractivity (Wildman–Crippen MR) is 66.1 cm³/mol. The first kappa shape index (κ1) is 15.9. The van der Waals surface area contributed by atoms with Gasteiger partial charge in [-0.25, -0.2) is 0 Å². The highest BCUT2D eigenvalue weighted by Gasteiger charge is 2.21. The molecular weight excluding hydrogens is 218 g/mol. The van der Waals surface area contributed by atoms with Gasteiger partial charge in [0.1, 0.15) is 0 Å². The van der Waals surface area contributed by atoms with E-state index in [0.29, 0.717) is 38.5 Å². The van der Waals surface area contributed by atoms with Gasteiger partial charge in [0, 0.05) is 20.2 Å². The second kappa shape index (κ2) is 8.97. The van der Waals surface area contributed by atoms with Crippen LogP contribution < -0.4 is 5.73 Å². The smallest absolute Gasteiger partial charge is 0.239 e. The van der Waals surface area contributed by atoms with Crippen molar-refractivity contribution in [2.24, 2.45) is 11.7 Å². The van der Waals surface area contributed by atoms with E-state index in [1.807, 2.05) is 19.9 Å². The van der Waals surface area contributed by atoms with E-state index in [1.165, 1.54) is 0 Å². The zero-order valence-electron chi connectivity index (χ0n) is 11.0. The molecule has 0 saturated heterocycles. The summed E-state index contributed by atoms with van der Waals surface area (Å²) in [5.74, 6) is 0.292. The van der Waals surface area contributed by atoms with Crippen molar-refractivity contribution >= 4 is 5.91 Å². The highest BCUT2D eigenvalue weighted by atomic mass is 16.5. The molecule has 17 heavy (non-hydrogen) atoms. The van der Waals surface area contributed by atoms with E-state index < -0.39 is 6.04 Å². The van der Waals surface area contributed by atoms with Crippen LogP contribution in [0.4, 0.5) is 0 Å². The van der Waals surface area contributed by atoms with Gasteiger partial charge in [0.2, 0.25) is 5.91 Å². The Balaban J connectivity index is 4.34. The summed E-state index contributed by atoms with van der Waals surface area (Å²) in [5, 5.41) is 8.56. The number of hydrogen-bond acceptors (Lipinski definition) is 4. The van der Waals surface area contributed by atoms with Crippen LogP contribution in [-0.4, -0.2) is 43.7 Å². The minimum absolute atomic E-state index is 0.0917. The molecule has 0 saturated carbocycles. The Bertz CT molecular complexity index is 261. The number of amides is 1. The van der Waals surface area contributed by atoms with Gasteiger partial charge in [0.15, 0.2) is 0 Å². The molecule has 0 aliphatic heterocycles. The van der Waals surface area contributed by atoms with E-state index in [1.54, 1.807) is 12.0 Å². The third-order valence-corrected chi connectivity index (χ3v) is 2.41. The van der Waals surface area contributed by atoms with Gasteiger partial charge in [-0.1, -0.05) is 13.8 Å². The van der Waals surface area contributed by atoms with Crippen molar-refractivity contribution in [3.8, 4) is 6.07 Å². The van der Waals surface area contributed by atoms with Crippen LogP contribution in [0.2, 0.25) is 0 Å². The molecule has 1 atom stereocenters. The highest BCUT2D eigenvalue weighted by molar-refractivity contribution is 5.81. The van der Waals surface area contributed by atoms with E-state index in [9.17, 15) is 4.79 Å². The van der Waals surface area contributed by atoms with Crippen LogP contribution in [0.15, 0.2) is 0 Å². The van der Waals surface area contributed by atoms with Gasteiger partial charge in [-0.15, -0.1) is 0 Å². The third-order valence-electron chi connectivity index (χ3n) is 2.41. The fraction of sp³-hybridized carbons (Fsp3) is 0.833. The van der Waals surface area contributed by atoms with E-state index in [-0.39, 0.29) is 5.91 Å². The van der Waals surface area contributed by atoms with E-state index in [2.05, 4.69) is 0 Å². The van der Waals surface area contributed by atoms with Crippen LogP contribution in [0.25, 0.3) is 0 Å². The molecule has 5 nitrogen and oxygen atoms in total. The maximum absolute atomic E-state index is 12.0. The maximum atomic E-state index is 12.0. The minimum Gasteiger partial charge on any atom is -0.383 e. The molecule has 0 spiro atoms. The Hall–Kier alpha value is -1.12. The Kier molecular flexibility index (Phi) is 8.38. The number of hydrogen-bond donors (Lipinski definition) is 1. The monoisotopic (exact) mass is 241 g/mol. The van der Waals surface area contributed by atoms with Crippen LogP contribution in [0, 0.1) is 17.2 Å². The molecule has 1 amide bonds. The van der Waals surface area contributed by atoms with Crippen molar-refractivity contribution in [1.29, 1.82) is 5.26 Å². The first-order valence-electron chi connectivity index (χ1n) is 5.93. The quantitative estimate of drug-likeness (QED) is 0.680. The molecule has 0 aromatic rings. The Morgan fingerprint density at radius 1 is 1.47 bits per heavy atom. The fourth-order valence-electron chi connectivity index (χ4n) is 1.56. The summed E-state index contributed by atoms with van der Waals surface area (Å²) in [4.78, 5) is 13.6. The highest BCUT2D eigenvalue weighted by Crippen LogP contribution is 2.06. The number of carbonyl (C=O) groups is 1. The molecule has 0 fully saturated rings. The van der Waals surface area contributed by atoms with Crippen LogP contribution in [0.1, 0.15) is 26.7 Å². The minimum atomic E-state index is -0.481. The van der Waals surface area contributed by atoms with E-state index in [0.717, 1.165) is 0 Å². The predicted octanol–water partition coefficient (Wildman–Crippen LogP) is 0.748. The average Bonchev–Trinajstić information content (AvgIpc) is 2.27. The summed E-state index contributed by atoms with van der Waals surface area (Å²) < 4.78 is 4.95. The largest absolute Gasteiger partial charge is 0.383 e. The van der Waals surface area contributed by atoms with Gasteiger partial charge < -0.3 is 15.4 Å². The molecule has 0 aliphatic rings. The second-order valence-electron chi connectivity index (χ2n) is 4.46. The number of nitrogens with two attached hydrogens (primary N) is 1. The summed E-state index contributed by atoms with van der Waals surface area (Å²) in [7, 11) is 1.58. The lowest BCUT2D eigenvalue weighted by atomic mass is 10.0. The lowest BCUT2D eigenvalue weighted by Gasteiger charge is -2.25. The molecule has 0 unspecified atom stereocenters. The Morgan fingerprint density at radius 3 is 2.59 bits per heavy atom. The lowest BCUT2D eigenvalue weighted by Crippen LogP contribution is -2.46. The molecule has 2 N–H and O–H groups in total. The number of methoxy groups -OCH3 is 1. The average molecular weight is 241 g/mol. The van der Waals surface area contributed by atoms with Crippen molar-refractivity contribution < 1.29 is 9.53 Å². The standard InChI is InChI=1S/C12H23N3O2/c1-10(2)9-11(14)12(16)15(6-4-5-13)7-8-17-3/h10-11H,4,6-9,14H2,1-3H3/t11-/m0/s1. The first-order valence-corrected chi connectivity index (χ1v) is 5.93. The second-order valence-corrected chi connectivity index (χ2v) is 4.46. The van der Waals surface area contributed by atoms with Gasteiger partial charge in [0.25, 0.3) is 0 Å². The summed E-state index contributed by atoms with van der Waals surface area (Å²) in [6.07, 6.45) is 0.985. The molecule has 0 bridgehead atoms. The van der Waals surface area contributed by atoms with Gasteiger partial charge >= 0.3 is 0 Å².